The van der Waals surface area contributed by atoms with Gasteiger partial charge in [0.1, 0.15) is 0 Å². The number of hydrogen-bond donors (Lipinski definition) is 1. The van der Waals surface area contributed by atoms with Crippen LogP contribution in [-0.2, 0) is 9.59 Å². The molecule has 0 aromatic carbocycles. The van der Waals surface area contributed by atoms with Crippen molar-refractivity contribution in [3.8, 4) is 0 Å². The first kappa shape index (κ1) is 6.28. The Labute approximate surface area is 55.0 Å². The molecule has 0 aromatic heterocycles. The molecule has 0 saturated carbocycles. The first-order chi connectivity index (χ1) is 4.20. The Morgan fingerprint density at radius 2 is 2.00 bits per heavy atom. The van der Waals surface area contributed by atoms with E-state index >= 15 is 0 Å². The van der Waals surface area contributed by atoms with Gasteiger partial charge < -0.3 is 5.32 Å². The van der Waals surface area contributed by atoms with Crippen LogP contribution in [0.4, 0.5) is 4.79 Å². The molecule has 0 radical (unpaired) electrons. The number of Topliss-reactive ketones (excluding diaryl/α,β-unsaturated/α-hetero) is 1. The first-order valence-corrected chi connectivity index (χ1v) is 3.04. The van der Waals surface area contributed by atoms with E-state index in [2.05, 4.69) is 5.32 Å². The Bertz CT molecular complexity index is 188. The molecule has 0 atom stereocenters. The molecular formula is C4H3NO3S. The topological polar surface area (TPSA) is 63.2 Å². The third kappa shape index (κ3) is 1.29. The van der Waals surface area contributed by atoms with Crippen LogP contribution in [0.5, 0.6) is 0 Å². The Morgan fingerprint density at radius 3 is 2.44 bits per heavy atom. The highest BCUT2D eigenvalue weighted by atomic mass is 32.2. The summed E-state index contributed by atoms with van der Waals surface area (Å²) < 4.78 is 0. The van der Waals surface area contributed by atoms with E-state index in [4.69, 9.17) is 0 Å². The lowest BCUT2D eigenvalue weighted by Gasteiger charge is -2.06. The minimum absolute atomic E-state index is 0.148. The van der Waals surface area contributed by atoms with Gasteiger partial charge in [0.05, 0.1) is 6.54 Å². The van der Waals surface area contributed by atoms with Gasteiger partial charge in [-0.15, -0.1) is 0 Å². The molecule has 1 rings (SSSR count). The van der Waals surface area contributed by atoms with Gasteiger partial charge in [0.15, 0.2) is 0 Å². The van der Waals surface area contributed by atoms with Crippen molar-refractivity contribution < 1.29 is 14.4 Å². The van der Waals surface area contributed by atoms with Gasteiger partial charge in [-0.1, -0.05) is 0 Å². The normalized spacial score (nSPS) is 19.8. The van der Waals surface area contributed by atoms with Gasteiger partial charge in [0.25, 0.3) is 10.4 Å². The second-order valence-corrected chi connectivity index (χ2v) is 2.40. The number of nitrogens with one attached hydrogen (secondary N) is 1. The number of thioether (sulfide) groups is 1. The largest absolute Gasteiger partial charge is 0.339 e. The van der Waals surface area contributed by atoms with Crippen LogP contribution in [0.25, 0.3) is 0 Å². The van der Waals surface area contributed by atoms with Gasteiger partial charge in [0, 0.05) is 11.8 Å². The van der Waals surface area contributed by atoms with Crippen LogP contribution in [0.1, 0.15) is 0 Å². The van der Waals surface area contributed by atoms with E-state index in [-0.39, 0.29) is 6.54 Å². The molecular weight excluding hydrogens is 142 g/mol. The molecule has 4 nitrogen and oxygen atoms in total. The summed E-state index contributed by atoms with van der Waals surface area (Å²) >= 11 is 0.411. The molecule has 1 N–H and O–H groups in total. The number of hydrogen-bond acceptors (Lipinski definition) is 4. The molecule has 9 heavy (non-hydrogen) atoms. The third-order valence-corrected chi connectivity index (χ3v) is 1.55. The predicted octanol–water partition coefficient (Wildman–Crippen LogP) is -0.462. The van der Waals surface area contributed by atoms with Crippen LogP contribution in [-0.4, -0.2) is 22.7 Å². The van der Waals surface area contributed by atoms with Crippen LogP contribution < -0.4 is 5.32 Å². The summed E-state index contributed by atoms with van der Waals surface area (Å²) in [6, 6.07) is 0. The van der Waals surface area contributed by atoms with E-state index in [9.17, 15) is 14.4 Å². The molecule has 1 saturated heterocycles. The van der Waals surface area contributed by atoms with Crippen molar-refractivity contribution >= 4 is 27.9 Å². The smallest absolute Gasteiger partial charge is 0.287 e. The SMILES string of the molecule is O=C1NCC(=O)C(=O)S1. The Kier molecular flexibility index (Phi) is 1.52. The molecule has 5 heteroatoms. The lowest BCUT2D eigenvalue weighted by molar-refractivity contribution is -0.131. The number of amides is 1. The van der Waals surface area contributed by atoms with E-state index < -0.39 is 16.1 Å². The number of rotatable bonds is 0. The second kappa shape index (κ2) is 2.18. The zero-order valence-corrected chi connectivity index (χ0v) is 5.16. The summed E-state index contributed by atoms with van der Waals surface area (Å²) in [5, 5.41) is 1.10. The Morgan fingerprint density at radius 1 is 1.33 bits per heavy atom. The van der Waals surface area contributed by atoms with Crippen molar-refractivity contribution in [1.29, 1.82) is 0 Å². The van der Waals surface area contributed by atoms with Crippen molar-refractivity contribution in [2.24, 2.45) is 0 Å². The van der Waals surface area contributed by atoms with Gasteiger partial charge in [-0.05, 0) is 0 Å². The molecule has 0 aliphatic carbocycles. The quantitative estimate of drug-likeness (QED) is 0.468. The highest BCUT2D eigenvalue weighted by Crippen LogP contribution is 2.07. The molecule has 0 unspecified atom stereocenters. The van der Waals surface area contributed by atoms with Gasteiger partial charge in [-0.3, -0.25) is 14.4 Å². The summed E-state index contributed by atoms with van der Waals surface area (Å²) in [6.07, 6.45) is 0. The maximum atomic E-state index is 10.4. The third-order valence-electron chi connectivity index (χ3n) is 0.806. The van der Waals surface area contributed by atoms with Crippen LogP contribution in [0.2, 0.25) is 0 Å². The standard InChI is InChI=1S/C4H3NO3S/c6-2-1-5-4(8)9-3(2)7/h1H2,(H,5,8). The molecule has 48 valence electrons. The van der Waals surface area contributed by atoms with Crippen LogP contribution in [0.15, 0.2) is 0 Å². The molecule has 0 spiro atoms. The number of carbonyl (C=O) groups is 3. The van der Waals surface area contributed by atoms with Crippen LogP contribution in [0.3, 0.4) is 0 Å². The van der Waals surface area contributed by atoms with Crippen molar-refractivity contribution in [2.75, 3.05) is 6.54 Å². The molecule has 1 aliphatic rings. The van der Waals surface area contributed by atoms with Crippen molar-refractivity contribution in [1.82, 2.24) is 5.32 Å². The molecule has 0 bridgehead atoms. The average molecular weight is 145 g/mol. The van der Waals surface area contributed by atoms with Gasteiger partial charge in [0.2, 0.25) is 5.78 Å². The summed E-state index contributed by atoms with van der Waals surface area (Å²) in [4.78, 5) is 31.0. The van der Waals surface area contributed by atoms with E-state index in [1.807, 2.05) is 0 Å². The average Bonchev–Trinajstić information content (AvgIpc) is 1.80. The zero-order valence-electron chi connectivity index (χ0n) is 4.34. The molecule has 1 aliphatic heterocycles. The molecule has 1 heterocycles. The molecule has 0 aromatic rings. The minimum atomic E-state index is -0.668. The highest BCUT2D eigenvalue weighted by molar-refractivity contribution is 8.27. The Hall–Kier alpha value is -0.840. The summed E-state index contributed by atoms with van der Waals surface area (Å²) in [5.74, 6) is -0.542. The second-order valence-electron chi connectivity index (χ2n) is 1.45. The lowest BCUT2D eigenvalue weighted by Crippen LogP contribution is -2.36. The van der Waals surface area contributed by atoms with Gasteiger partial charge >= 0.3 is 0 Å². The fourth-order valence-electron chi connectivity index (χ4n) is 0.402. The van der Waals surface area contributed by atoms with E-state index in [0.717, 1.165) is 0 Å². The number of carbonyl (C=O) groups excluding carboxylic acids is 3. The lowest BCUT2D eigenvalue weighted by atomic mass is 10.4. The fraction of sp³-hybridized carbons (Fsp3) is 0.250. The number of ketones is 1. The van der Waals surface area contributed by atoms with Crippen molar-refractivity contribution in [3.05, 3.63) is 0 Å². The van der Waals surface area contributed by atoms with E-state index in [1.165, 1.54) is 0 Å². The van der Waals surface area contributed by atoms with Gasteiger partial charge in [-0.2, -0.15) is 0 Å². The summed E-state index contributed by atoms with van der Waals surface area (Å²) in [5.41, 5.74) is 0. The van der Waals surface area contributed by atoms with Crippen LogP contribution >= 0.6 is 11.8 Å². The predicted molar refractivity (Wildman–Crippen MR) is 31.0 cm³/mol. The zero-order chi connectivity index (χ0) is 6.85. The maximum absolute atomic E-state index is 10.4. The van der Waals surface area contributed by atoms with Crippen molar-refractivity contribution in [3.63, 3.8) is 0 Å². The summed E-state index contributed by atoms with van der Waals surface area (Å²) in [7, 11) is 0. The maximum Gasteiger partial charge on any atom is 0.287 e. The summed E-state index contributed by atoms with van der Waals surface area (Å²) in [6.45, 7) is -0.148. The van der Waals surface area contributed by atoms with Crippen molar-refractivity contribution in [2.45, 2.75) is 0 Å². The monoisotopic (exact) mass is 145 g/mol. The van der Waals surface area contributed by atoms with E-state index in [0.29, 0.717) is 11.8 Å². The molecule has 1 amide bonds. The fourth-order valence-corrected chi connectivity index (χ4v) is 0.901. The van der Waals surface area contributed by atoms with Gasteiger partial charge in [-0.25, -0.2) is 0 Å². The highest BCUT2D eigenvalue weighted by Gasteiger charge is 2.24. The Balaban J connectivity index is 2.64. The minimum Gasteiger partial charge on any atom is -0.339 e. The van der Waals surface area contributed by atoms with E-state index in [1.54, 1.807) is 0 Å². The first-order valence-electron chi connectivity index (χ1n) is 2.23. The van der Waals surface area contributed by atoms with Crippen LogP contribution in [0, 0.1) is 0 Å². The molecule has 1 fully saturated rings.